The second-order valence-electron chi connectivity index (χ2n) is 7.64. The Labute approximate surface area is 201 Å². The van der Waals surface area contributed by atoms with E-state index in [0.717, 1.165) is 36.1 Å². The summed E-state index contributed by atoms with van der Waals surface area (Å²) < 4.78 is 18.6. The predicted molar refractivity (Wildman–Crippen MR) is 135 cm³/mol. The number of hydrogen-bond acceptors (Lipinski definition) is 7. The molecule has 0 atom stereocenters. The van der Waals surface area contributed by atoms with Crippen LogP contribution in [-0.4, -0.2) is 34.9 Å². The summed E-state index contributed by atoms with van der Waals surface area (Å²) in [5, 5.41) is 4.43. The van der Waals surface area contributed by atoms with Crippen LogP contribution in [0.3, 0.4) is 0 Å². The zero-order valence-electron chi connectivity index (χ0n) is 19.3. The predicted octanol–water partition coefficient (Wildman–Crippen LogP) is 4.51. The van der Waals surface area contributed by atoms with Crippen molar-refractivity contribution in [3.05, 3.63) is 75.6 Å². The fourth-order valence-electron chi connectivity index (χ4n) is 3.39. The first-order valence-corrected chi connectivity index (χ1v) is 12.0. The molecule has 0 spiro atoms. The summed E-state index contributed by atoms with van der Waals surface area (Å²) in [6.45, 7) is 6.91. The van der Waals surface area contributed by atoms with Gasteiger partial charge in [0, 0.05) is 5.56 Å². The first kappa shape index (κ1) is 23.5. The Kier molecular flexibility index (Phi) is 7.59. The first-order chi connectivity index (χ1) is 16.6. The average molecular weight is 478 g/mol. The molecule has 0 unspecified atom stereocenters. The van der Waals surface area contributed by atoms with Crippen LogP contribution in [0.2, 0.25) is 0 Å². The molecule has 0 bridgehead atoms. The molecule has 176 valence electrons. The fourth-order valence-corrected chi connectivity index (χ4v) is 4.30. The Morgan fingerprint density at radius 2 is 1.91 bits per heavy atom. The number of fused-ring (bicyclic) bond motifs is 1. The first-order valence-electron chi connectivity index (χ1n) is 11.2. The van der Waals surface area contributed by atoms with Crippen LogP contribution in [0.5, 0.6) is 17.2 Å². The third-order valence-electron chi connectivity index (χ3n) is 5.15. The van der Waals surface area contributed by atoms with E-state index < -0.39 is 0 Å². The molecule has 4 aromatic rings. The van der Waals surface area contributed by atoms with E-state index in [-0.39, 0.29) is 5.56 Å². The van der Waals surface area contributed by atoms with Gasteiger partial charge in [-0.15, -0.1) is 5.10 Å². The highest BCUT2D eigenvalue weighted by Crippen LogP contribution is 2.28. The van der Waals surface area contributed by atoms with Crippen molar-refractivity contribution in [3.8, 4) is 28.6 Å². The lowest BCUT2D eigenvalue weighted by Crippen LogP contribution is -2.23. The average Bonchev–Trinajstić information content (AvgIpc) is 3.40. The van der Waals surface area contributed by atoms with Crippen molar-refractivity contribution in [2.24, 2.45) is 0 Å². The lowest BCUT2D eigenvalue weighted by molar-refractivity contribution is 0.306. The van der Waals surface area contributed by atoms with Crippen molar-refractivity contribution in [2.45, 2.75) is 26.2 Å². The van der Waals surface area contributed by atoms with Crippen molar-refractivity contribution >= 4 is 22.4 Å². The second-order valence-corrected chi connectivity index (χ2v) is 8.64. The van der Waals surface area contributed by atoms with Crippen LogP contribution in [0.25, 0.3) is 22.4 Å². The molecular weight excluding hydrogens is 450 g/mol. The molecule has 0 N–H and O–H groups in total. The van der Waals surface area contributed by atoms with Gasteiger partial charge in [0.1, 0.15) is 12.4 Å². The van der Waals surface area contributed by atoms with E-state index in [4.69, 9.17) is 14.2 Å². The SMILES string of the molecule is C=CCOc1ccc(/C=c2/sc3nc(-c4ccc(OCCCCC)cc4)nn3c2=O)cc1OC. The quantitative estimate of drug-likeness (QED) is 0.234. The zero-order chi connectivity index (χ0) is 23.9. The summed E-state index contributed by atoms with van der Waals surface area (Å²) in [7, 11) is 1.58. The van der Waals surface area contributed by atoms with Gasteiger partial charge in [0.15, 0.2) is 17.3 Å². The van der Waals surface area contributed by atoms with Crippen LogP contribution >= 0.6 is 11.3 Å². The number of benzene rings is 2. The molecule has 0 aliphatic heterocycles. The summed E-state index contributed by atoms with van der Waals surface area (Å²) in [6, 6.07) is 13.1. The Balaban J connectivity index is 1.55. The van der Waals surface area contributed by atoms with E-state index in [9.17, 15) is 4.79 Å². The standard InChI is InChI=1S/C26H27N3O4S/c1-4-6-7-15-32-20-11-9-19(10-12-20)24-27-26-29(28-24)25(30)23(34-26)17-18-8-13-21(33-14-5-2)22(16-18)31-3/h5,8-13,16-17H,2,4,6-7,14-15H2,1,3H3/b23-17+. The minimum atomic E-state index is -0.208. The molecule has 34 heavy (non-hydrogen) atoms. The number of nitrogens with zero attached hydrogens (tertiary/aromatic N) is 3. The summed E-state index contributed by atoms with van der Waals surface area (Å²) >= 11 is 1.30. The maximum absolute atomic E-state index is 12.9. The summed E-state index contributed by atoms with van der Waals surface area (Å²) in [5.41, 5.74) is 1.45. The molecule has 0 radical (unpaired) electrons. The van der Waals surface area contributed by atoms with E-state index in [1.165, 1.54) is 15.9 Å². The van der Waals surface area contributed by atoms with Gasteiger partial charge in [-0.1, -0.05) is 49.8 Å². The van der Waals surface area contributed by atoms with Crippen LogP contribution in [0.4, 0.5) is 0 Å². The Morgan fingerprint density at radius 1 is 1.09 bits per heavy atom. The Hall–Kier alpha value is -3.65. The third kappa shape index (κ3) is 5.28. The lowest BCUT2D eigenvalue weighted by Gasteiger charge is -2.09. The third-order valence-corrected chi connectivity index (χ3v) is 6.11. The van der Waals surface area contributed by atoms with E-state index in [1.807, 2.05) is 42.5 Å². The van der Waals surface area contributed by atoms with Gasteiger partial charge >= 0.3 is 0 Å². The van der Waals surface area contributed by atoms with Crippen molar-refractivity contribution in [1.29, 1.82) is 0 Å². The van der Waals surface area contributed by atoms with Crippen LogP contribution in [0, 0.1) is 0 Å². The van der Waals surface area contributed by atoms with Crippen molar-refractivity contribution in [1.82, 2.24) is 14.6 Å². The van der Waals surface area contributed by atoms with E-state index in [2.05, 4.69) is 23.6 Å². The van der Waals surface area contributed by atoms with Crippen LogP contribution in [-0.2, 0) is 0 Å². The minimum Gasteiger partial charge on any atom is -0.494 e. The summed E-state index contributed by atoms with van der Waals surface area (Å²) in [5.74, 6) is 2.53. The lowest BCUT2D eigenvalue weighted by atomic mass is 10.2. The normalized spacial score (nSPS) is 11.6. The maximum atomic E-state index is 12.9. The van der Waals surface area contributed by atoms with Crippen molar-refractivity contribution in [3.63, 3.8) is 0 Å². The monoisotopic (exact) mass is 477 g/mol. The van der Waals surface area contributed by atoms with Crippen LogP contribution < -0.4 is 24.3 Å². The number of rotatable bonds is 11. The highest BCUT2D eigenvalue weighted by Gasteiger charge is 2.13. The number of unbranched alkanes of at least 4 members (excludes halogenated alkanes) is 2. The molecule has 0 aliphatic rings. The zero-order valence-corrected chi connectivity index (χ0v) is 20.1. The van der Waals surface area contributed by atoms with Crippen LogP contribution in [0.15, 0.2) is 59.9 Å². The van der Waals surface area contributed by atoms with Gasteiger partial charge in [0.05, 0.1) is 18.2 Å². The van der Waals surface area contributed by atoms with Gasteiger partial charge in [-0.3, -0.25) is 4.79 Å². The molecular formula is C26H27N3O4S. The van der Waals surface area contributed by atoms with Gasteiger partial charge in [-0.05, 0) is 54.5 Å². The number of methoxy groups -OCH3 is 1. The Bertz CT molecular complexity index is 1380. The maximum Gasteiger partial charge on any atom is 0.291 e. The van der Waals surface area contributed by atoms with Gasteiger partial charge in [0.25, 0.3) is 5.56 Å². The molecule has 4 rings (SSSR count). The largest absolute Gasteiger partial charge is 0.494 e. The summed E-state index contributed by atoms with van der Waals surface area (Å²) in [4.78, 5) is 18.0. The topological polar surface area (TPSA) is 75.0 Å². The molecule has 8 heteroatoms. The number of aromatic nitrogens is 3. The molecule has 2 aromatic carbocycles. The highest BCUT2D eigenvalue weighted by molar-refractivity contribution is 7.15. The van der Waals surface area contributed by atoms with Gasteiger partial charge in [-0.25, -0.2) is 0 Å². The number of hydrogen-bond donors (Lipinski definition) is 0. The molecule has 2 heterocycles. The fraction of sp³-hybridized carbons (Fsp3) is 0.269. The molecule has 0 aliphatic carbocycles. The number of ether oxygens (including phenoxy) is 3. The molecule has 0 fully saturated rings. The molecule has 0 amide bonds. The molecule has 2 aromatic heterocycles. The molecule has 0 saturated carbocycles. The van der Waals surface area contributed by atoms with Crippen LogP contribution in [0.1, 0.15) is 31.7 Å². The van der Waals surface area contributed by atoms with E-state index >= 15 is 0 Å². The molecule has 7 nitrogen and oxygen atoms in total. The smallest absolute Gasteiger partial charge is 0.291 e. The Morgan fingerprint density at radius 3 is 2.62 bits per heavy atom. The van der Waals surface area contributed by atoms with E-state index in [0.29, 0.717) is 40.0 Å². The van der Waals surface area contributed by atoms with Crippen molar-refractivity contribution < 1.29 is 14.2 Å². The molecule has 0 saturated heterocycles. The highest BCUT2D eigenvalue weighted by atomic mass is 32.1. The van der Waals surface area contributed by atoms with Crippen molar-refractivity contribution in [2.75, 3.05) is 20.3 Å². The van der Waals surface area contributed by atoms with Gasteiger partial charge < -0.3 is 14.2 Å². The van der Waals surface area contributed by atoms with Gasteiger partial charge in [-0.2, -0.15) is 9.50 Å². The summed E-state index contributed by atoms with van der Waals surface area (Å²) in [6.07, 6.45) is 6.84. The number of thiazole rings is 1. The van der Waals surface area contributed by atoms with Gasteiger partial charge in [0.2, 0.25) is 4.96 Å². The minimum absolute atomic E-state index is 0.208. The van der Waals surface area contributed by atoms with E-state index in [1.54, 1.807) is 19.3 Å². The second kappa shape index (κ2) is 11.0.